The largest absolute Gasteiger partial charge is 0.433 e. The van der Waals surface area contributed by atoms with Crippen LogP contribution >= 0.6 is 11.3 Å². The second kappa shape index (κ2) is 7.38. The third-order valence-corrected chi connectivity index (χ3v) is 4.39. The normalized spacial score (nSPS) is 11.7. The molecule has 0 aromatic carbocycles. The molecule has 0 saturated carbocycles. The molecule has 0 bridgehead atoms. The van der Waals surface area contributed by atoms with Crippen molar-refractivity contribution in [1.82, 2.24) is 29.8 Å². The molecular weight excluding hydrogens is 393 g/mol. The molecule has 4 aromatic rings. The number of hydrogen-bond donors (Lipinski definition) is 2. The Labute approximate surface area is 160 Å². The lowest BCUT2D eigenvalue weighted by Gasteiger charge is -2.09. The molecule has 28 heavy (non-hydrogen) atoms. The van der Waals surface area contributed by atoms with Gasteiger partial charge in [-0.3, -0.25) is 0 Å². The van der Waals surface area contributed by atoms with Crippen LogP contribution in [0, 0.1) is 0 Å². The molecule has 0 amide bonds. The Morgan fingerprint density at radius 3 is 2.68 bits per heavy atom. The lowest BCUT2D eigenvalue weighted by atomic mass is 10.3. The van der Waals surface area contributed by atoms with Crippen LogP contribution in [0.25, 0.3) is 17.0 Å². The number of halogens is 3. The fraction of sp³-hybridized carbons (Fsp3) is 0.188. The van der Waals surface area contributed by atoms with E-state index in [1.807, 2.05) is 16.8 Å². The van der Waals surface area contributed by atoms with E-state index in [4.69, 9.17) is 0 Å². The molecule has 0 spiro atoms. The van der Waals surface area contributed by atoms with E-state index < -0.39 is 11.9 Å². The van der Waals surface area contributed by atoms with E-state index in [1.54, 1.807) is 28.0 Å². The Balaban J connectivity index is 1.39. The number of aromatic nitrogens is 6. The van der Waals surface area contributed by atoms with Crippen molar-refractivity contribution < 1.29 is 13.2 Å². The van der Waals surface area contributed by atoms with Gasteiger partial charge in [-0.2, -0.15) is 29.0 Å². The maximum Gasteiger partial charge on any atom is 0.433 e. The third-order valence-electron chi connectivity index (χ3n) is 3.70. The summed E-state index contributed by atoms with van der Waals surface area (Å²) in [7, 11) is 0. The Hall–Kier alpha value is -3.28. The number of alkyl halides is 3. The lowest BCUT2D eigenvalue weighted by Crippen LogP contribution is -2.17. The minimum Gasteiger partial charge on any atom is -0.367 e. The van der Waals surface area contributed by atoms with Gasteiger partial charge in [-0.1, -0.05) is 0 Å². The van der Waals surface area contributed by atoms with E-state index in [-0.39, 0.29) is 5.95 Å². The standard InChI is InChI=1S/C16H13F3N8S/c17-16(18,19)11-3-5-21-15(23-11)22-7-6-20-12-1-2-13-24-25-14(27(13)26-12)10-4-8-28-9-10/h1-5,8-9H,6-7H2,(H,20,26)(H,21,22,23). The highest BCUT2D eigenvalue weighted by Gasteiger charge is 2.32. The molecule has 0 unspecified atom stereocenters. The highest BCUT2D eigenvalue weighted by molar-refractivity contribution is 7.08. The van der Waals surface area contributed by atoms with Gasteiger partial charge >= 0.3 is 6.18 Å². The van der Waals surface area contributed by atoms with E-state index >= 15 is 0 Å². The summed E-state index contributed by atoms with van der Waals surface area (Å²) in [6.07, 6.45) is -3.44. The minimum absolute atomic E-state index is 0.0846. The molecule has 4 rings (SSSR count). The first kappa shape index (κ1) is 18.1. The zero-order chi connectivity index (χ0) is 19.6. The van der Waals surface area contributed by atoms with Crippen molar-refractivity contribution in [2.45, 2.75) is 6.18 Å². The van der Waals surface area contributed by atoms with Gasteiger partial charge in [-0.15, -0.1) is 15.3 Å². The molecule has 0 aliphatic carbocycles. The van der Waals surface area contributed by atoms with Crippen LogP contribution in [0.2, 0.25) is 0 Å². The maximum absolute atomic E-state index is 12.7. The summed E-state index contributed by atoms with van der Waals surface area (Å²) in [4.78, 5) is 7.24. The average molecular weight is 406 g/mol. The summed E-state index contributed by atoms with van der Waals surface area (Å²) in [5.41, 5.74) is 0.548. The predicted octanol–water partition coefficient (Wildman–Crippen LogP) is 3.19. The highest BCUT2D eigenvalue weighted by Crippen LogP contribution is 2.27. The number of fused-ring (bicyclic) bond motifs is 1. The summed E-state index contributed by atoms with van der Waals surface area (Å²) in [6, 6.07) is 6.29. The fourth-order valence-corrected chi connectivity index (χ4v) is 3.06. The second-order valence-electron chi connectivity index (χ2n) is 5.64. The predicted molar refractivity (Wildman–Crippen MR) is 98.1 cm³/mol. The van der Waals surface area contributed by atoms with Crippen LogP contribution in [0.1, 0.15) is 5.69 Å². The van der Waals surface area contributed by atoms with Gasteiger partial charge in [0.1, 0.15) is 11.5 Å². The summed E-state index contributed by atoms with van der Waals surface area (Å²) in [5, 5.41) is 22.4. The summed E-state index contributed by atoms with van der Waals surface area (Å²) in [6.45, 7) is 0.703. The van der Waals surface area contributed by atoms with Crippen molar-refractivity contribution >= 4 is 28.8 Å². The van der Waals surface area contributed by atoms with Crippen LogP contribution in [0.15, 0.2) is 41.2 Å². The molecule has 4 heterocycles. The van der Waals surface area contributed by atoms with Gasteiger partial charge in [0.2, 0.25) is 5.95 Å². The van der Waals surface area contributed by atoms with E-state index in [2.05, 4.69) is 35.9 Å². The van der Waals surface area contributed by atoms with Crippen LogP contribution < -0.4 is 10.6 Å². The molecule has 0 saturated heterocycles. The Bertz CT molecular complexity index is 1080. The molecular formula is C16H13F3N8S. The number of nitrogens with one attached hydrogen (secondary N) is 2. The summed E-state index contributed by atoms with van der Waals surface area (Å²) < 4.78 is 39.6. The first-order valence-corrected chi connectivity index (χ1v) is 9.08. The number of rotatable bonds is 6. The zero-order valence-electron chi connectivity index (χ0n) is 14.2. The van der Waals surface area contributed by atoms with Gasteiger partial charge in [-0.25, -0.2) is 9.97 Å². The lowest BCUT2D eigenvalue weighted by molar-refractivity contribution is -0.141. The number of hydrogen-bond acceptors (Lipinski definition) is 8. The van der Waals surface area contributed by atoms with Crippen LogP contribution in [0.5, 0.6) is 0 Å². The first-order chi connectivity index (χ1) is 13.5. The molecule has 0 aliphatic heterocycles. The number of thiophene rings is 1. The molecule has 12 heteroatoms. The molecule has 144 valence electrons. The van der Waals surface area contributed by atoms with Gasteiger partial charge < -0.3 is 10.6 Å². The van der Waals surface area contributed by atoms with Crippen LogP contribution in [-0.2, 0) is 6.18 Å². The quantitative estimate of drug-likeness (QED) is 0.475. The van der Waals surface area contributed by atoms with Crippen molar-refractivity contribution in [3.05, 3.63) is 46.9 Å². The van der Waals surface area contributed by atoms with Gasteiger partial charge in [0.25, 0.3) is 0 Å². The van der Waals surface area contributed by atoms with Gasteiger partial charge in [0.15, 0.2) is 11.5 Å². The monoisotopic (exact) mass is 406 g/mol. The molecule has 0 radical (unpaired) electrons. The van der Waals surface area contributed by atoms with Gasteiger partial charge in [-0.05, 0) is 29.6 Å². The molecule has 0 aliphatic rings. The minimum atomic E-state index is -4.50. The second-order valence-corrected chi connectivity index (χ2v) is 6.42. The zero-order valence-corrected chi connectivity index (χ0v) is 15.0. The van der Waals surface area contributed by atoms with Crippen molar-refractivity contribution in [3.63, 3.8) is 0 Å². The highest BCUT2D eigenvalue weighted by atomic mass is 32.1. The molecule has 0 fully saturated rings. The topological polar surface area (TPSA) is 92.9 Å². The van der Waals surface area contributed by atoms with Gasteiger partial charge in [0, 0.05) is 30.2 Å². The Morgan fingerprint density at radius 1 is 1.04 bits per heavy atom. The van der Waals surface area contributed by atoms with E-state index in [1.165, 1.54) is 0 Å². The van der Waals surface area contributed by atoms with Crippen molar-refractivity contribution in [3.8, 4) is 11.4 Å². The molecule has 2 N–H and O–H groups in total. The van der Waals surface area contributed by atoms with Crippen LogP contribution in [0.3, 0.4) is 0 Å². The van der Waals surface area contributed by atoms with Crippen LogP contribution in [0.4, 0.5) is 24.9 Å². The Kier molecular flexibility index (Phi) is 4.77. The van der Waals surface area contributed by atoms with E-state index in [0.717, 1.165) is 17.8 Å². The number of nitrogens with zero attached hydrogens (tertiary/aromatic N) is 6. The molecule has 4 aromatic heterocycles. The van der Waals surface area contributed by atoms with E-state index in [0.29, 0.717) is 30.4 Å². The summed E-state index contributed by atoms with van der Waals surface area (Å²) in [5.74, 6) is 1.13. The molecule has 0 atom stereocenters. The maximum atomic E-state index is 12.7. The van der Waals surface area contributed by atoms with Crippen molar-refractivity contribution in [2.75, 3.05) is 23.7 Å². The van der Waals surface area contributed by atoms with Crippen molar-refractivity contribution in [1.29, 1.82) is 0 Å². The molecule has 8 nitrogen and oxygen atoms in total. The van der Waals surface area contributed by atoms with Crippen LogP contribution in [-0.4, -0.2) is 42.9 Å². The smallest absolute Gasteiger partial charge is 0.367 e. The third kappa shape index (κ3) is 3.86. The first-order valence-electron chi connectivity index (χ1n) is 8.14. The van der Waals surface area contributed by atoms with Gasteiger partial charge in [0.05, 0.1) is 0 Å². The summed E-state index contributed by atoms with van der Waals surface area (Å²) >= 11 is 1.55. The fourth-order valence-electron chi connectivity index (χ4n) is 2.42. The average Bonchev–Trinajstić information content (AvgIpc) is 3.34. The number of anilines is 2. The Morgan fingerprint density at radius 2 is 1.89 bits per heavy atom. The SMILES string of the molecule is FC(F)(F)c1ccnc(NCCNc2ccc3nnc(-c4ccsc4)n3n2)n1. The van der Waals surface area contributed by atoms with Crippen molar-refractivity contribution in [2.24, 2.45) is 0 Å². The van der Waals surface area contributed by atoms with E-state index in [9.17, 15) is 13.2 Å².